The van der Waals surface area contributed by atoms with Crippen molar-refractivity contribution in [3.05, 3.63) is 69.6 Å². The largest absolute Gasteiger partial charge is 0.497 e. The highest BCUT2D eigenvalue weighted by molar-refractivity contribution is 6.32. The number of aryl methyl sites for hydroxylation is 1. The van der Waals surface area contributed by atoms with Crippen molar-refractivity contribution in [2.24, 2.45) is 5.41 Å². The smallest absolute Gasteiger partial charge is 0.309 e. The van der Waals surface area contributed by atoms with Gasteiger partial charge in [-0.3, -0.25) is 14.7 Å². The monoisotopic (exact) mass is 528 g/mol. The van der Waals surface area contributed by atoms with Crippen LogP contribution in [0.25, 0.3) is 10.9 Å². The average Bonchev–Trinajstić information content (AvgIpc) is 2.87. The number of fused-ring (bicyclic) bond motifs is 1. The summed E-state index contributed by atoms with van der Waals surface area (Å²) in [5.74, 6) is 5.36. The van der Waals surface area contributed by atoms with Crippen LogP contribution in [-0.2, 0) is 11.2 Å². The molecule has 2 aromatic carbocycles. The molecule has 188 valence electrons. The van der Waals surface area contributed by atoms with E-state index in [4.69, 9.17) is 27.9 Å². The first-order valence-electron chi connectivity index (χ1n) is 11.8. The molecular weight excluding hydrogens is 502 g/mol. The maximum Gasteiger partial charge on any atom is 0.309 e. The van der Waals surface area contributed by atoms with Crippen molar-refractivity contribution in [1.82, 2.24) is 9.88 Å². The number of hydrogen-bond acceptors (Lipinski definition) is 4. The molecule has 1 saturated heterocycles. The Kier molecular flexibility index (Phi) is 8.35. The van der Waals surface area contributed by atoms with Gasteiger partial charge in [-0.2, -0.15) is 0 Å². The minimum atomic E-state index is -0.779. The summed E-state index contributed by atoms with van der Waals surface area (Å²) in [5.41, 5.74) is 1.31. The highest BCUT2D eigenvalue weighted by Gasteiger charge is 2.40. The molecule has 0 spiro atoms. The molecule has 0 atom stereocenters. The first-order chi connectivity index (χ1) is 17.3. The molecule has 2 heterocycles. The van der Waals surface area contributed by atoms with E-state index < -0.39 is 17.2 Å². The van der Waals surface area contributed by atoms with Gasteiger partial charge in [-0.05, 0) is 74.1 Å². The number of methoxy groups -OCH3 is 1. The third-order valence-corrected chi connectivity index (χ3v) is 7.50. The Bertz CT molecular complexity index is 1330. The third kappa shape index (κ3) is 5.92. The lowest BCUT2D eigenvalue weighted by Crippen LogP contribution is -2.44. The minimum Gasteiger partial charge on any atom is -0.497 e. The van der Waals surface area contributed by atoms with Gasteiger partial charge in [0, 0.05) is 29.7 Å². The quantitative estimate of drug-likeness (QED) is 0.368. The number of carboxylic acids is 1. The van der Waals surface area contributed by atoms with Crippen molar-refractivity contribution < 1.29 is 19.0 Å². The van der Waals surface area contributed by atoms with E-state index in [-0.39, 0.29) is 0 Å². The average molecular weight is 529 g/mol. The fourth-order valence-electron chi connectivity index (χ4n) is 4.73. The maximum absolute atomic E-state index is 13.9. The van der Waals surface area contributed by atoms with Crippen molar-refractivity contribution in [2.45, 2.75) is 32.1 Å². The second-order valence-electron chi connectivity index (χ2n) is 9.11. The van der Waals surface area contributed by atoms with Crippen LogP contribution < -0.4 is 4.74 Å². The summed E-state index contributed by atoms with van der Waals surface area (Å²) in [6.45, 7) is 1.71. The molecule has 5 nitrogen and oxygen atoms in total. The van der Waals surface area contributed by atoms with Crippen LogP contribution >= 0.6 is 23.2 Å². The van der Waals surface area contributed by atoms with Crippen molar-refractivity contribution >= 4 is 40.1 Å². The molecular formula is C28H27Cl2FN2O3. The fraction of sp³-hybridized carbons (Fsp3) is 0.357. The van der Waals surface area contributed by atoms with Gasteiger partial charge in [0.1, 0.15) is 11.6 Å². The second-order valence-corrected chi connectivity index (χ2v) is 9.95. The summed E-state index contributed by atoms with van der Waals surface area (Å²) in [7, 11) is 1.61. The molecule has 1 aliphatic rings. The molecule has 0 radical (unpaired) electrons. The molecule has 3 aromatic rings. The SMILES string of the molecule is COc1ccc2ncc(Cl)c(CCCC3(C(=O)O)CCN(CC#Cc4ccc(Cl)cc4F)CC3)c2c1. The molecule has 4 rings (SSSR count). The number of pyridine rings is 1. The summed E-state index contributed by atoms with van der Waals surface area (Å²) in [5, 5.41) is 11.9. The Morgan fingerprint density at radius 3 is 2.69 bits per heavy atom. The number of carboxylic acid groups (broad SMARTS) is 1. The summed E-state index contributed by atoms with van der Waals surface area (Å²) < 4.78 is 19.3. The Morgan fingerprint density at radius 2 is 2.00 bits per heavy atom. The van der Waals surface area contributed by atoms with E-state index in [9.17, 15) is 14.3 Å². The molecule has 8 heteroatoms. The van der Waals surface area contributed by atoms with Crippen LogP contribution in [0.4, 0.5) is 4.39 Å². The lowest BCUT2D eigenvalue weighted by Gasteiger charge is -2.38. The van der Waals surface area contributed by atoms with E-state index in [1.54, 1.807) is 25.4 Å². The van der Waals surface area contributed by atoms with Crippen LogP contribution in [0.1, 0.15) is 36.8 Å². The van der Waals surface area contributed by atoms with E-state index >= 15 is 0 Å². The number of aromatic nitrogens is 1. The number of ether oxygens (including phenoxy) is 1. The first kappa shape index (κ1) is 26.2. The van der Waals surface area contributed by atoms with Gasteiger partial charge in [0.15, 0.2) is 0 Å². The Balaban J connectivity index is 1.37. The van der Waals surface area contributed by atoms with E-state index in [0.29, 0.717) is 67.3 Å². The van der Waals surface area contributed by atoms with Gasteiger partial charge in [-0.15, -0.1) is 0 Å². The number of likely N-dealkylation sites (tertiary alicyclic amines) is 1. The van der Waals surface area contributed by atoms with E-state index in [2.05, 4.69) is 21.7 Å². The van der Waals surface area contributed by atoms with E-state index in [0.717, 1.165) is 22.2 Å². The molecule has 36 heavy (non-hydrogen) atoms. The number of rotatable bonds is 7. The molecule has 0 aliphatic carbocycles. The normalized spacial score (nSPS) is 15.3. The molecule has 0 bridgehead atoms. The molecule has 0 unspecified atom stereocenters. The first-order valence-corrected chi connectivity index (χ1v) is 12.6. The molecule has 1 N–H and O–H groups in total. The van der Waals surface area contributed by atoms with Crippen LogP contribution in [-0.4, -0.2) is 47.7 Å². The molecule has 1 aromatic heterocycles. The van der Waals surface area contributed by atoms with Crippen molar-refractivity contribution in [1.29, 1.82) is 0 Å². The lowest BCUT2D eigenvalue weighted by molar-refractivity contribution is -0.152. The van der Waals surface area contributed by atoms with Crippen molar-refractivity contribution in [3.63, 3.8) is 0 Å². The number of aliphatic carboxylic acids is 1. The zero-order valence-electron chi connectivity index (χ0n) is 20.0. The number of piperidine rings is 1. The maximum atomic E-state index is 13.9. The number of hydrogen-bond donors (Lipinski definition) is 1. The zero-order valence-corrected chi connectivity index (χ0v) is 21.5. The van der Waals surface area contributed by atoms with Gasteiger partial charge in [0.2, 0.25) is 0 Å². The van der Waals surface area contributed by atoms with Crippen molar-refractivity contribution in [2.75, 3.05) is 26.7 Å². The Hall–Kier alpha value is -2.85. The topological polar surface area (TPSA) is 62.7 Å². The van der Waals surface area contributed by atoms with E-state index in [1.807, 2.05) is 18.2 Å². The predicted molar refractivity (Wildman–Crippen MR) is 140 cm³/mol. The molecule has 1 aliphatic heterocycles. The fourth-order valence-corrected chi connectivity index (χ4v) is 5.14. The zero-order chi connectivity index (χ0) is 25.7. The minimum absolute atomic E-state index is 0.302. The summed E-state index contributed by atoms with van der Waals surface area (Å²) >= 11 is 12.3. The van der Waals surface area contributed by atoms with E-state index in [1.165, 1.54) is 6.07 Å². The summed E-state index contributed by atoms with van der Waals surface area (Å²) in [6.07, 6.45) is 4.63. The van der Waals surface area contributed by atoms with Gasteiger partial charge < -0.3 is 9.84 Å². The highest BCUT2D eigenvalue weighted by Crippen LogP contribution is 2.38. The van der Waals surface area contributed by atoms with Gasteiger partial charge in [0.05, 0.1) is 35.2 Å². The molecule has 0 saturated carbocycles. The standard InChI is InChI=1S/C28H27Cl2FN2O3/c1-36-21-8-9-26-23(17-21)22(24(30)18-32-26)5-2-10-28(27(34)35)11-14-33(15-12-28)13-3-4-19-6-7-20(29)16-25(19)31/h6-9,16-18H,2,5,10-15H2,1H3,(H,34,35). The molecule has 1 fully saturated rings. The summed E-state index contributed by atoms with van der Waals surface area (Å²) in [6, 6.07) is 10.1. The van der Waals surface area contributed by atoms with Gasteiger partial charge >= 0.3 is 5.97 Å². The number of halogens is 3. The predicted octanol–water partition coefficient (Wildman–Crippen LogP) is 6.23. The van der Waals surface area contributed by atoms with Gasteiger partial charge in [0.25, 0.3) is 0 Å². The van der Waals surface area contributed by atoms with Gasteiger partial charge in [-0.25, -0.2) is 4.39 Å². The summed E-state index contributed by atoms with van der Waals surface area (Å²) in [4.78, 5) is 18.8. The van der Waals surface area contributed by atoms with Crippen LogP contribution in [0.2, 0.25) is 10.0 Å². The molecule has 0 amide bonds. The third-order valence-electron chi connectivity index (χ3n) is 6.94. The highest BCUT2D eigenvalue weighted by atomic mass is 35.5. The number of nitrogens with zero attached hydrogens (tertiary/aromatic N) is 2. The number of carbonyl (C=O) groups is 1. The Labute approximate surface area is 220 Å². The van der Waals surface area contributed by atoms with Crippen LogP contribution in [0.3, 0.4) is 0 Å². The Morgan fingerprint density at radius 1 is 1.22 bits per heavy atom. The van der Waals surface area contributed by atoms with Crippen LogP contribution in [0.5, 0.6) is 5.75 Å². The lowest BCUT2D eigenvalue weighted by atomic mass is 9.74. The number of benzene rings is 2. The van der Waals surface area contributed by atoms with Crippen LogP contribution in [0, 0.1) is 23.1 Å². The van der Waals surface area contributed by atoms with Crippen LogP contribution in [0.15, 0.2) is 42.6 Å². The second kappa shape index (κ2) is 11.5. The van der Waals surface area contributed by atoms with Gasteiger partial charge in [-0.1, -0.05) is 35.0 Å². The van der Waals surface area contributed by atoms with Crippen molar-refractivity contribution in [3.8, 4) is 17.6 Å².